The molecule has 68 valence electrons. The van der Waals surface area contributed by atoms with Crippen LogP contribution in [-0.4, -0.2) is 5.11 Å². The lowest BCUT2D eigenvalue weighted by atomic mass is 10.1. The van der Waals surface area contributed by atoms with Gasteiger partial charge in [0.15, 0.2) is 0 Å². The number of hydrogen-bond donors (Lipinski definition) is 1. The summed E-state index contributed by atoms with van der Waals surface area (Å²) >= 11 is 0. The Balaban J connectivity index is 0.000000561. The lowest BCUT2D eigenvalue weighted by Gasteiger charge is -2.05. The molecule has 0 aliphatic carbocycles. The van der Waals surface area contributed by atoms with Crippen LogP contribution >= 0.6 is 0 Å². The molecule has 1 atom stereocenters. The van der Waals surface area contributed by atoms with E-state index in [4.69, 9.17) is 0 Å². The van der Waals surface area contributed by atoms with Gasteiger partial charge in [-0.15, -0.1) is 0 Å². The Morgan fingerprint density at radius 3 is 2.08 bits per heavy atom. The molecule has 1 aromatic rings. The highest BCUT2D eigenvalue weighted by Gasteiger charge is 2.00. The first-order chi connectivity index (χ1) is 5.84. The maximum absolute atomic E-state index is 9.33. The first-order valence-corrected chi connectivity index (χ1v) is 4.57. The van der Waals surface area contributed by atoms with Crippen molar-refractivity contribution in [1.82, 2.24) is 0 Å². The largest absolute Gasteiger partial charge is 0.388 e. The van der Waals surface area contributed by atoms with Gasteiger partial charge in [-0.2, -0.15) is 0 Å². The minimum Gasteiger partial charge on any atom is -0.388 e. The molecule has 1 rings (SSSR count). The van der Waals surface area contributed by atoms with Gasteiger partial charge in [-0.1, -0.05) is 51.1 Å². The van der Waals surface area contributed by atoms with Crippen LogP contribution in [0.1, 0.15) is 38.9 Å². The molecule has 1 heteroatoms. The highest BCUT2D eigenvalue weighted by molar-refractivity contribution is 5.16. The molecule has 0 amide bonds. The summed E-state index contributed by atoms with van der Waals surface area (Å²) in [7, 11) is 0. The molecule has 0 saturated carbocycles. The van der Waals surface area contributed by atoms with Crippen LogP contribution in [0.3, 0.4) is 0 Å². The van der Waals surface area contributed by atoms with E-state index in [0.29, 0.717) is 0 Å². The van der Waals surface area contributed by atoms with Gasteiger partial charge >= 0.3 is 0 Å². The summed E-state index contributed by atoms with van der Waals surface area (Å²) in [4.78, 5) is 0. The SMILES string of the molecule is CC.CC[C@@H](O)c1ccccc1. The van der Waals surface area contributed by atoms with Crippen molar-refractivity contribution in [3.8, 4) is 0 Å². The van der Waals surface area contributed by atoms with E-state index in [1.807, 2.05) is 51.1 Å². The predicted octanol–water partition coefficient (Wildman–Crippen LogP) is 3.16. The van der Waals surface area contributed by atoms with Crippen molar-refractivity contribution in [3.63, 3.8) is 0 Å². The van der Waals surface area contributed by atoms with Crippen molar-refractivity contribution in [2.45, 2.75) is 33.3 Å². The minimum absolute atomic E-state index is 0.291. The number of aliphatic hydroxyl groups is 1. The number of benzene rings is 1. The summed E-state index contributed by atoms with van der Waals surface area (Å²) in [6.45, 7) is 5.97. The Morgan fingerprint density at radius 2 is 1.67 bits per heavy atom. The van der Waals surface area contributed by atoms with Crippen LogP contribution in [0.4, 0.5) is 0 Å². The molecule has 0 heterocycles. The summed E-state index contributed by atoms with van der Waals surface area (Å²) in [6, 6.07) is 9.70. The third-order valence-electron chi connectivity index (χ3n) is 1.57. The van der Waals surface area contributed by atoms with Gasteiger partial charge < -0.3 is 5.11 Å². The quantitative estimate of drug-likeness (QED) is 0.715. The highest BCUT2D eigenvalue weighted by Crippen LogP contribution is 2.14. The molecule has 0 fully saturated rings. The molecule has 0 spiro atoms. The molecule has 0 radical (unpaired) electrons. The van der Waals surface area contributed by atoms with Gasteiger partial charge in [-0.3, -0.25) is 0 Å². The minimum atomic E-state index is -0.291. The summed E-state index contributed by atoms with van der Waals surface area (Å²) in [5, 5.41) is 9.33. The van der Waals surface area contributed by atoms with Crippen LogP contribution < -0.4 is 0 Å². The Kier molecular flexibility index (Phi) is 6.39. The third-order valence-corrected chi connectivity index (χ3v) is 1.57. The lowest BCUT2D eigenvalue weighted by Crippen LogP contribution is -1.93. The van der Waals surface area contributed by atoms with Gasteiger partial charge in [-0.05, 0) is 12.0 Å². The first kappa shape index (κ1) is 11.2. The smallest absolute Gasteiger partial charge is 0.0787 e. The van der Waals surface area contributed by atoms with Crippen LogP contribution in [-0.2, 0) is 0 Å². The van der Waals surface area contributed by atoms with E-state index < -0.39 is 0 Å². The molecule has 0 bridgehead atoms. The maximum atomic E-state index is 9.33. The predicted molar refractivity (Wildman–Crippen MR) is 53.0 cm³/mol. The van der Waals surface area contributed by atoms with Crippen LogP contribution in [0.25, 0.3) is 0 Å². The van der Waals surface area contributed by atoms with Crippen LogP contribution in [0, 0.1) is 0 Å². The number of aliphatic hydroxyl groups excluding tert-OH is 1. The standard InChI is InChI=1S/C9H12O.C2H6/c1-2-9(10)8-6-4-3-5-7-8;1-2/h3-7,9-10H,2H2,1H3;1-2H3/t9-;/m1./s1. The molecule has 12 heavy (non-hydrogen) atoms. The maximum Gasteiger partial charge on any atom is 0.0787 e. The van der Waals surface area contributed by atoms with Crippen LogP contribution in [0.15, 0.2) is 30.3 Å². The van der Waals surface area contributed by atoms with E-state index in [-0.39, 0.29) is 6.10 Å². The lowest BCUT2D eigenvalue weighted by molar-refractivity contribution is 0.173. The molecular formula is C11H18O. The van der Waals surface area contributed by atoms with E-state index in [0.717, 1.165) is 12.0 Å². The Morgan fingerprint density at radius 1 is 1.17 bits per heavy atom. The first-order valence-electron chi connectivity index (χ1n) is 4.57. The summed E-state index contributed by atoms with van der Waals surface area (Å²) in [5.74, 6) is 0. The fourth-order valence-corrected chi connectivity index (χ4v) is 0.911. The Hall–Kier alpha value is -0.820. The second kappa shape index (κ2) is 6.86. The zero-order chi connectivity index (χ0) is 9.40. The second-order valence-electron chi connectivity index (χ2n) is 2.33. The van der Waals surface area contributed by atoms with Crippen molar-refractivity contribution in [3.05, 3.63) is 35.9 Å². The second-order valence-corrected chi connectivity index (χ2v) is 2.33. The monoisotopic (exact) mass is 166 g/mol. The average Bonchev–Trinajstić information content (AvgIpc) is 2.21. The fraction of sp³-hybridized carbons (Fsp3) is 0.455. The Bertz CT molecular complexity index is 181. The molecule has 1 aromatic carbocycles. The summed E-state index contributed by atoms with van der Waals surface area (Å²) in [5.41, 5.74) is 1.00. The van der Waals surface area contributed by atoms with Crippen molar-refractivity contribution in [2.24, 2.45) is 0 Å². The summed E-state index contributed by atoms with van der Waals surface area (Å²) < 4.78 is 0. The van der Waals surface area contributed by atoms with Gasteiger partial charge in [0, 0.05) is 0 Å². The van der Waals surface area contributed by atoms with Crippen molar-refractivity contribution >= 4 is 0 Å². The van der Waals surface area contributed by atoms with Crippen molar-refractivity contribution in [1.29, 1.82) is 0 Å². The van der Waals surface area contributed by atoms with Gasteiger partial charge in [0.1, 0.15) is 0 Å². The van der Waals surface area contributed by atoms with E-state index >= 15 is 0 Å². The zero-order valence-electron chi connectivity index (χ0n) is 8.12. The van der Waals surface area contributed by atoms with Gasteiger partial charge in [0.25, 0.3) is 0 Å². The van der Waals surface area contributed by atoms with Gasteiger partial charge in [-0.25, -0.2) is 0 Å². The van der Waals surface area contributed by atoms with E-state index in [2.05, 4.69) is 0 Å². The van der Waals surface area contributed by atoms with Crippen LogP contribution in [0.5, 0.6) is 0 Å². The Labute approximate surface area is 75.1 Å². The summed E-state index contributed by atoms with van der Waals surface area (Å²) in [6.07, 6.45) is 0.491. The van der Waals surface area contributed by atoms with Crippen LogP contribution in [0.2, 0.25) is 0 Å². The average molecular weight is 166 g/mol. The molecule has 0 saturated heterocycles. The topological polar surface area (TPSA) is 20.2 Å². The van der Waals surface area contributed by atoms with Crippen molar-refractivity contribution < 1.29 is 5.11 Å². The van der Waals surface area contributed by atoms with E-state index in [1.165, 1.54) is 0 Å². The molecule has 0 aromatic heterocycles. The van der Waals surface area contributed by atoms with Crippen molar-refractivity contribution in [2.75, 3.05) is 0 Å². The van der Waals surface area contributed by atoms with E-state index in [9.17, 15) is 5.11 Å². The van der Waals surface area contributed by atoms with Gasteiger partial charge in [0.05, 0.1) is 6.10 Å². The van der Waals surface area contributed by atoms with E-state index in [1.54, 1.807) is 0 Å². The third kappa shape index (κ3) is 3.54. The molecular weight excluding hydrogens is 148 g/mol. The highest BCUT2D eigenvalue weighted by atomic mass is 16.3. The zero-order valence-corrected chi connectivity index (χ0v) is 8.12. The molecule has 0 aliphatic rings. The normalized spacial score (nSPS) is 11.3. The fourth-order valence-electron chi connectivity index (χ4n) is 0.911. The molecule has 0 aliphatic heterocycles. The molecule has 0 unspecified atom stereocenters. The molecule has 1 N–H and O–H groups in total. The van der Waals surface area contributed by atoms with Gasteiger partial charge in [0.2, 0.25) is 0 Å². The molecule has 1 nitrogen and oxygen atoms in total. The number of hydrogen-bond acceptors (Lipinski definition) is 1. The number of rotatable bonds is 2.